The molecule has 0 saturated heterocycles. The molecule has 1 aliphatic rings. The molecule has 0 spiro atoms. The zero-order valence-electron chi connectivity index (χ0n) is 12.3. The van der Waals surface area contributed by atoms with Crippen LogP contribution in [0.2, 0.25) is 0 Å². The maximum atomic E-state index is 13.6. The summed E-state index contributed by atoms with van der Waals surface area (Å²) in [6.45, 7) is 0.169. The van der Waals surface area contributed by atoms with Crippen LogP contribution in [0.25, 0.3) is 5.69 Å². The van der Waals surface area contributed by atoms with Crippen molar-refractivity contribution in [3.63, 3.8) is 0 Å². The number of aryl methyl sites for hydroxylation is 2. The normalized spacial score (nSPS) is 12.6. The van der Waals surface area contributed by atoms with Gasteiger partial charge < -0.3 is 4.74 Å². The molecule has 6 heteroatoms. The van der Waals surface area contributed by atoms with Gasteiger partial charge in [-0.1, -0.05) is 18.2 Å². The number of nitrogens with zero attached hydrogens (tertiary/aromatic N) is 2. The molecule has 4 rings (SSSR count). The number of H-pyrrole nitrogens is 1. The van der Waals surface area contributed by atoms with Gasteiger partial charge in [-0.05, 0) is 36.2 Å². The standard InChI is InChI=1S/C17H14FN3O2/c18-14-4-2-1-3-12(14)10-23-13-6-7-15-11(9-13)5-8-16-19-20-17(22)21(15)16/h1-4,6-7,9H,5,8,10H2,(H,20,22). The van der Waals surface area contributed by atoms with Gasteiger partial charge >= 0.3 is 5.69 Å². The molecule has 0 aliphatic carbocycles. The predicted molar refractivity (Wildman–Crippen MR) is 82.3 cm³/mol. The molecule has 0 unspecified atom stereocenters. The topological polar surface area (TPSA) is 59.9 Å². The Morgan fingerprint density at radius 1 is 1.22 bits per heavy atom. The fraction of sp³-hybridized carbons (Fsp3) is 0.176. The lowest BCUT2D eigenvalue weighted by Crippen LogP contribution is -2.22. The van der Waals surface area contributed by atoms with Crippen molar-refractivity contribution in [3.8, 4) is 11.4 Å². The summed E-state index contributed by atoms with van der Waals surface area (Å²) in [5, 5.41) is 6.49. The van der Waals surface area contributed by atoms with Gasteiger partial charge in [0.15, 0.2) is 0 Å². The average Bonchev–Trinajstić information content (AvgIpc) is 2.95. The first-order chi connectivity index (χ1) is 11.2. The lowest BCUT2D eigenvalue weighted by molar-refractivity contribution is 0.299. The van der Waals surface area contributed by atoms with Gasteiger partial charge in [-0.3, -0.25) is 0 Å². The van der Waals surface area contributed by atoms with Crippen LogP contribution >= 0.6 is 0 Å². The molecule has 2 aromatic carbocycles. The Kier molecular flexibility index (Phi) is 3.22. The van der Waals surface area contributed by atoms with Crippen molar-refractivity contribution >= 4 is 0 Å². The SMILES string of the molecule is O=c1[nH]nc2n1-c1ccc(OCc3ccccc3F)cc1CC2. The van der Waals surface area contributed by atoms with Gasteiger partial charge in [0.2, 0.25) is 0 Å². The largest absolute Gasteiger partial charge is 0.489 e. The number of hydrogen-bond donors (Lipinski definition) is 1. The van der Waals surface area contributed by atoms with Crippen molar-refractivity contribution in [2.75, 3.05) is 0 Å². The van der Waals surface area contributed by atoms with Crippen molar-refractivity contribution in [1.82, 2.24) is 14.8 Å². The molecule has 116 valence electrons. The number of nitrogens with one attached hydrogen (secondary N) is 1. The van der Waals surface area contributed by atoms with Crippen molar-refractivity contribution < 1.29 is 9.13 Å². The van der Waals surface area contributed by atoms with E-state index in [4.69, 9.17) is 4.74 Å². The lowest BCUT2D eigenvalue weighted by atomic mass is 10.0. The molecule has 5 nitrogen and oxygen atoms in total. The minimum Gasteiger partial charge on any atom is -0.489 e. The number of rotatable bonds is 3. The van der Waals surface area contributed by atoms with Gasteiger partial charge in [-0.25, -0.2) is 18.9 Å². The molecular weight excluding hydrogens is 297 g/mol. The smallest absolute Gasteiger partial charge is 0.347 e. The van der Waals surface area contributed by atoms with Crippen LogP contribution in [0.4, 0.5) is 4.39 Å². The zero-order valence-corrected chi connectivity index (χ0v) is 12.3. The van der Waals surface area contributed by atoms with Crippen LogP contribution < -0.4 is 10.4 Å². The molecule has 1 aromatic heterocycles. The molecule has 0 atom stereocenters. The van der Waals surface area contributed by atoms with Crippen LogP contribution in [-0.2, 0) is 19.4 Å². The Bertz CT molecular complexity index is 930. The first-order valence-electron chi connectivity index (χ1n) is 7.38. The van der Waals surface area contributed by atoms with E-state index in [2.05, 4.69) is 10.2 Å². The highest BCUT2D eigenvalue weighted by molar-refractivity contribution is 5.48. The first kappa shape index (κ1) is 13.8. The average molecular weight is 311 g/mol. The third kappa shape index (κ3) is 2.42. The van der Waals surface area contributed by atoms with Crippen LogP contribution in [-0.4, -0.2) is 14.8 Å². The molecule has 0 radical (unpaired) electrons. The van der Waals surface area contributed by atoms with Gasteiger partial charge in [0, 0.05) is 12.0 Å². The highest BCUT2D eigenvalue weighted by Gasteiger charge is 2.19. The molecule has 0 saturated carbocycles. The Labute approximate surface area is 131 Å². The molecule has 0 bridgehead atoms. The van der Waals surface area contributed by atoms with E-state index < -0.39 is 0 Å². The quantitative estimate of drug-likeness (QED) is 0.808. The van der Waals surface area contributed by atoms with E-state index in [0.717, 1.165) is 23.5 Å². The second-order valence-electron chi connectivity index (χ2n) is 5.45. The molecule has 1 aliphatic heterocycles. The zero-order chi connectivity index (χ0) is 15.8. The highest BCUT2D eigenvalue weighted by atomic mass is 19.1. The maximum absolute atomic E-state index is 13.6. The third-order valence-electron chi connectivity index (χ3n) is 4.00. The van der Waals surface area contributed by atoms with Gasteiger partial charge in [-0.2, -0.15) is 5.10 Å². The van der Waals surface area contributed by atoms with E-state index in [1.165, 1.54) is 6.07 Å². The summed E-state index contributed by atoms with van der Waals surface area (Å²) >= 11 is 0. The predicted octanol–water partition coefficient (Wildman–Crippen LogP) is 2.38. The summed E-state index contributed by atoms with van der Waals surface area (Å²) in [6, 6.07) is 12.1. The second-order valence-corrected chi connectivity index (χ2v) is 5.45. The van der Waals surface area contributed by atoms with Gasteiger partial charge in [0.1, 0.15) is 24.0 Å². The molecule has 1 N–H and O–H groups in total. The van der Waals surface area contributed by atoms with Crippen LogP contribution in [0.5, 0.6) is 5.75 Å². The minimum atomic E-state index is -0.278. The van der Waals surface area contributed by atoms with Gasteiger partial charge in [0.25, 0.3) is 0 Å². The summed E-state index contributed by atoms with van der Waals surface area (Å²) in [4.78, 5) is 11.8. The van der Waals surface area contributed by atoms with Crippen LogP contribution in [0.1, 0.15) is 17.0 Å². The summed E-state index contributed by atoms with van der Waals surface area (Å²) in [5.41, 5.74) is 2.12. The number of hydrogen-bond acceptors (Lipinski definition) is 3. The molecular formula is C17H14FN3O2. The highest BCUT2D eigenvalue weighted by Crippen LogP contribution is 2.26. The van der Waals surface area contributed by atoms with E-state index in [0.29, 0.717) is 17.7 Å². The minimum absolute atomic E-state index is 0.169. The molecule has 0 amide bonds. The third-order valence-corrected chi connectivity index (χ3v) is 4.00. The molecule has 2 heterocycles. The van der Waals surface area contributed by atoms with Crippen LogP contribution in [0, 0.1) is 5.82 Å². The number of fused-ring (bicyclic) bond motifs is 3. The van der Waals surface area contributed by atoms with Crippen LogP contribution in [0.15, 0.2) is 47.3 Å². The number of ether oxygens (including phenoxy) is 1. The molecule has 0 fully saturated rings. The molecule has 23 heavy (non-hydrogen) atoms. The summed E-state index contributed by atoms with van der Waals surface area (Å²) in [7, 11) is 0. The number of benzene rings is 2. The monoisotopic (exact) mass is 311 g/mol. The Hall–Kier alpha value is -2.89. The second kappa shape index (κ2) is 5.39. The van der Waals surface area contributed by atoms with E-state index in [9.17, 15) is 9.18 Å². The van der Waals surface area contributed by atoms with Crippen molar-refractivity contribution in [2.45, 2.75) is 19.4 Å². The maximum Gasteiger partial charge on any atom is 0.347 e. The van der Waals surface area contributed by atoms with Gasteiger partial charge in [-0.15, -0.1) is 0 Å². The van der Waals surface area contributed by atoms with Gasteiger partial charge in [0.05, 0.1) is 5.69 Å². The number of aromatic nitrogens is 3. The fourth-order valence-corrected chi connectivity index (χ4v) is 2.84. The Balaban J connectivity index is 1.60. The Morgan fingerprint density at radius 2 is 2.09 bits per heavy atom. The van der Waals surface area contributed by atoms with Crippen LogP contribution in [0.3, 0.4) is 0 Å². The molecule has 3 aromatic rings. The Morgan fingerprint density at radius 3 is 2.96 bits per heavy atom. The number of halogens is 1. The van der Waals surface area contributed by atoms with Crippen molar-refractivity contribution in [2.24, 2.45) is 0 Å². The van der Waals surface area contributed by atoms with E-state index >= 15 is 0 Å². The summed E-state index contributed by atoms with van der Waals surface area (Å²) in [5.74, 6) is 1.12. The lowest BCUT2D eigenvalue weighted by Gasteiger charge is -2.18. The first-order valence-corrected chi connectivity index (χ1v) is 7.38. The van der Waals surface area contributed by atoms with Crippen molar-refractivity contribution in [1.29, 1.82) is 0 Å². The van der Waals surface area contributed by atoms with E-state index in [-0.39, 0.29) is 18.1 Å². The fourth-order valence-electron chi connectivity index (χ4n) is 2.84. The van der Waals surface area contributed by atoms with Crippen molar-refractivity contribution in [3.05, 3.63) is 75.7 Å². The number of aromatic amines is 1. The summed E-state index contributed by atoms with van der Waals surface area (Å²) in [6.07, 6.45) is 1.49. The van der Waals surface area contributed by atoms with E-state index in [1.807, 2.05) is 12.1 Å². The van der Waals surface area contributed by atoms with E-state index in [1.54, 1.807) is 28.8 Å². The summed E-state index contributed by atoms with van der Waals surface area (Å²) < 4.78 is 20.9.